The average molecular weight is 549 g/mol. The van der Waals surface area contributed by atoms with Crippen LogP contribution in [0.3, 0.4) is 0 Å². The van der Waals surface area contributed by atoms with E-state index in [0.29, 0.717) is 16.5 Å². The zero-order valence-corrected chi connectivity index (χ0v) is 23.3. The zero-order valence-electron chi connectivity index (χ0n) is 22.5. The molecular weight excluding hydrogens is 516 g/mol. The Bertz CT molecular complexity index is 1440. The molecule has 0 aliphatic carbocycles. The van der Waals surface area contributed by atoms with Crippen molar-refractivity contribution in [2.45, 2.75) is 0 Å². The van der Waals surface area contributed by atoms with Crippen molar-refractivity contribution >= 4 is 34.6 Å². The molecule has 5 heterocycles. The van der Waals surface area contributed by atoms with Gasteiger partial charge in [-0.2, -0.15) is 0 Å². The van der Waals surface area contributed by atoms with Crippen molar-refractivity contribution in [1.29, 1.82) is 0 Å². The maximum Gasteiger partial charge on any atom is 0.225 e. The molecule has 0 radical (unpaired) electrons. The average Bonchev–Trinajstić information content (AvgIpc) is 3.41. The maximum atomic E-state index is 6.40. The lowest BCUT2D eigenvalue weighted by molar-refractivity contribution is 0.311. The highest BCUT2D eigenvalue weighted by molar-refractivity contribution is 6.32. The maximum absolute atomic E-state index is 6.40. The van der Waals surface area contributed by atoms with Crippen LogP contribution in [0.5, 0.6) is 11.5 Å². The smallest absolute Gasteiger partial charge is 0.225 e. The molecule has 0 saturated carbocycles. The summed E-state index contributed by atoms with van der Waals surface area (Å²) in [5, 5.41) is 0.517. The number of hydrogen-bond donors (Lipinski definition) is 0. The highest BCUT2D eigenvalue weighted by atomic mass is 35.5. The summed E-state index contributed by atoms with van der Waals surface area (Å²) < 4.78 is 12.9. The Balaban J connectivity index is 1.13. The first kappa shape index (κ1) is 25.5. The van der Waals surface area contributed by atoms with Crippen molar-refractivity contribution in [3.63, 3.8) is 0 Å². The first-order valence-electron chi connectivity index (χ1n) is 13.2. The standard InChI is InChI=1S/C28H33ClN8O2/c1-33-6-8-36(9-7-33)28-30-17-21(18-31-28)35-12-10-34(11-13-35)20-4-5-37-19-24(32-27(37)14-20)22-15-23(29)26(39-3)16-25(22)38-2/h4-5,14-19H,6-13H2,1-3H3. The number of fused-ring (bicyclic) bond motifs is 1. The van der Waals surface area contributed by atoms with Crippen molar-refractivity contribution < 1.29 is 9.47 Å². The van der Waals surface area contributed by atoms with Gasteiger partial charge in [-0.1, -0.05) is 11.6 Å². The molecule has 10 nitrogen and oxygen atoms in total. The number of rotatable bonds is 6. The van der Waals surface area contributed by atoms with E-state index in [9.17, 15) is 0 Å². The van der Waals surface area contributed by atoms with Gasteiger partial charge in [-0.05, 0) is 19.2 Å². The van der Waals surface area contributed by atoms with Gasteiger partial charge in [0, 0.05) is 88.1 Å². The summed E-state index contributed by atoms with van der Waals surface area (Å²) in [4.78, 5) is 23.6. The monoisotopic (exact) mass is 548 g/mol. The molecule has 0 spiro atoms. The van der Waals surface area contributed by atoms with Crippen LogP contribution in [-0.2, 0) is 0 Å². The summed E-state index contributed by atoms with van der Waals surface area (Å²) in [5.74, 6) is 2.06. The third kappa shape index (κ3) is 5.14. The fraction of sp³-hybridized carbons (Fsp3) is 0.393. The predicted molar refractivity (Wildman–Crippen MR) is 155 cm³/mol. The number of halogens is 1. The number of benzene rings is 1. The van der Waals surface area contributed by atoms with Crippen molar-refractivity contribution in [3.05, 3.63) is 54.1 Å². The van der Waals surface area contributed by atoms with Gasteiger partial charge in [-0.25, -0.2) is 15.0 Å². The molecule has 1 aromatic carbocycles. The Morgan fingerprint density at radius 1 is 0.769 bits per heavy atom. The molecule has 2 fully saturated rings. The van der Waals surface area contributed by atoms with Gasteiger partial charge in [-0.15, -0.1) is 0 Å². The van der Waals surface area contributed by atoms with E-state index in [1.807, 2.05) is 29.1 Å². The Hall–Kier alpha value is -3.76. The van der Waals surface area contributed by atoms with Crippen LogP contribution < -0.4 is 24.2 Å². The molecule has 6 rings (SSSR count). The number of ether oxygens (including phenoxy) is 2. The van der Waals surface area contributed by atoms with Crippen molar-refractivity contribution in [1.82, 2.24) is 24.3 Å². The first-order chi connectivity index (χ1) is 19.0. The second-order valence-corrected chi connectivity index (χ2v) is 10.4. The van der Waals surface area contributed by atoms with E-state index >= 15 is 0 Å². The molecule has 2 aliphatic rings. The Labute approximate surface area is 233 Å². The van der Waals surface area contributed by atoms with Gasteiger partial charge < -0.3 is 33.5 Å². The Morgan fingerprint density at radius 3 is 2.08 bits per heavy atom. The van der Waals surface area contributed by atoms with Gasteiger partial charge in [0.15, 0.2) is 0 Å². The second-order valence-electron chi connectivity index (χ2n) is 9.97. The van der Waals surface area contributed by atoms with Crippen LogP contribution in [-0.4, -0.2) is 97.9 Å². The molecule has 0 N–H and O–H groups in total. The first-order valence-corrected chi connectivity index (χ1v) is 13.6. The van der Waals surface area contributed by atoms with Gasteiger partial charge in [0.05, 0.1) is 43.0 Å². The van der Waals surface area contributed by atoms with E-state index in [0.717, 1.165) is 86.6 Å². The fourth-order valence-electron chi connectivity index (χ4n) is 5.23. The number of methoxy groups -OCH3 is 2. The van der Waals surface area contributed by atoms with Gasteiger partial charge in [0.1, 0.15) is 17.1 Å². The minimum atomic E-state index is 0.517. The summed E-state index contributed by atoms with van der Waals surface area (Å²) in [6, 6.07) is 7.89. The van der Waals surface area contributed by atoms with E-state index in [2.05, 4.69) is 54.9 Å². The molecule has 2 saturated heterocycles. The SMILES string of the molecule is COc1cc(OC)c(-c2cn3ccc(N4CCN(c5cnc(N6CCN(C)CC6)nc5)CC4)cc3n2)cc1Cl. The molecule has 39 heavy (non-hydrogen) atoms. The third-order valence-electron chi connectivity index (χ3n) is 7.61. The molecule has 0 amide bonds. The van der Waals surface area contributed by atoms with Crippen molar-refractivity contribution in [2.75, 3.05) is 88.3 Å². The number of hydrogen-bond acceptors (Lipinski definition) is 9. The van der Waals surface area contributed by atoms with Gasteiger partial charge in [0.2, 0.25) is 5.95 Å². The van der Waals surface area contributed by atoms with Crippen molar-refractivity contribution in [3.8, 4) is 22.8 Å². The van der Waals surface area contributed by atoms with Crippen LogP contribution in [0.15, 0.2) is 49.1 Å². The van der Waals surface area contributed by atoms with Crippen LogP contribution in [0.2, 0.25) is 5.02 Å². The highest BCUT2D eigenvalue weighted by Gasteiger charge is 2.21. The van der Waals surface area contributed by atoms with Crippen LogP contribution in [0.1, 0.15) is 0 Å². The minimum Gasteiger partial charge on any atom is -0.496 e. The lowest BCUT2D eigenvalue weighted by Crippen LogP contribution is -2.47. The lowest BCUT2D eigenvalue weighted by atomic mass is 10.1. The number of likely N-dealkylation sites (N-methyl/N-ethyl adjacent to an activating group) is 1. The van der Waals surface area contributed by atoms with Crippen LogP contribution >= 0.6 is 11.6 Å². The van der Waals surface area contributed by atoms with E-state index in [4.69, 9.17) is 26.1 Å². The fourth-order valence-corrected chi connectivity index (χ4v) is 5.47. The molecule has 0 atom stereocenters. The zero-order chi connectivity index (χ0) is 26.9. The molecule has 0 bridgehead atoms. The van der Waals surface area contributed by atoms with E-state index < -0.39 is 0 Å². The van der Waals surface area contributed by atoms with E-state index in [-0.39, 0.29) is 0 Å². The number of pyridine rings is 1. The molecule has 11 heteroatoms. The topological polar surface area (TPSA) is 74.5 Å². The number of anilines is 3. The molecule has 204 valence electrons. The summed E-state index contributed by atoms with van der Waals surface area (Å²) in [6.45, 7) is 7.66. The number of piperazine rings is 2. The summed E-state index contributed by atoms with van der Waals surface area (Å²) in [5.41, 5.74) is 4.71. The lowest BCUT2D eigenvalue weighted by Gasteiger charge is -2.37. The second kappa shape index (κ2) is 10.8. The molecule has 0 unspecified atom stereocenters. The molecule has 2 aliphatic heterocycles. The predicted octanol–water partition coefficient (Wildman–Crippen LogP) is 3.54. The van der Waals surface area contributed by atoms with E-state index in [1.165, 1.54) is 0 Å². The summed E-state index contributed by atoms with van der Waals surface area (Å²) >= 11 is 6.40. The normalized spacial score (nSPS) is 16.7. The van der Waals surface area contributed by atoms with Crippen LogP contribution in [0, 0.1) is 0 Å². The quantitative estimate of drug-likeness (QED) is 0.359. The Morgan fingerprint density at radius 2 is 1.41 bits per heavy atom. The van der Waals surface area contributed by atoms with Gasteiger partial charge in [0.25, 0.3) is 0 Å². The van der Waals surface area contributed by atoms with Gasteiger partial charge in [-0.3, -0.25) is 0 Å². The number of aromatic nitrogens is 4. The molecule has 3 aromatic heterocycles. The largest absolute Gasteiger partial charge is 0.496 e. The van der Waals surface area contributed by atoms with E-state index in [1.54, 1.807) is 20.3 Å². The Kier molecular flexibility index (Phi) is 7.05. The van der Waals surface area contributed by atoms with Crippen LogP contribution in [0.4, 0.5) is 17.3 Å². The third-order valence-corrected chi connectivity index (χ3v) is 7.91. The molecular formula is C28H33ClN8O2. The minimum absolute atomic E-state index is 0.517. The molecule has 4 aromatic rings. The van der Waals surface area contributed by atoms with Crippen molar-refractivity contribution in [2.24, 2.45) is 0 Å². The summed E-state index contributed by atoms with van der Waals surface area (Å²) in [7, 11) is 5.38. The van der Waals surface area contributed by atoms with Crippen LogP contribution in [0.25, 0.3) is 16.9 Å². The van der Waals surface area contributed by atoms with Gasteiger partial charge >= 0.3 is 0 Å². The highest BCUT2D eigenvalue weighted by Crippen LogP contribution is 2.38. The number of nitrogens with zero attached hydrogens (tertiary/aromatic N) is 8. The summed E-state index contributed by atoms with van der Waals surface area (Å²) in [6.07, 6.45) is 7.97. The number of imidazole rings is 1.